The molecule has 0 saturated carbocycles. The van der Waals surface area contributed by atoms with Gasteiger partial charge in [-0.2, -0.15) is 0 Å². The van der Waals surface area contributed by atoms with E-state index in [1.165, 1.54) is 18.2 Å². The average molecular weight is 593 g/mol. The summed E-state index contributed by atoms with van der Waals surface area (Å²) in [6.07, 6.45) is 1.66. The quantitative estimate of drug-likeness (QED) is 0.219. The molecule has 230 valence electrons. The number of benzene rings is 2. The van der Waals surface area contributed by atoms with Crippen molar-refractivity contribution in [1.29, 1.82) is 0 Å². The lowest BCUT2D eigenvalue weighted by Crippen LogP contribution is -2.37. The zero-order chi connectivity index (χ0) is 31.4. The van der Waals surface area contributed by atoms with Gasteiger partial charge in [0.25, 0.3) is 5.91 Å². The molecule has 1 aromatic heterocycles. The van der Waals surface area contributed by atoms with Crippen molar-refractivity contribution in [1.82, 2.24) is 14.8 Å². The van der Waals surface area contributed by atoms with Crippen LogP contribution in [0.4, 0.5) is 31.0 Å². The Morgan fingerprint density at radius 3 is 2.19 bits per heavy atom. The Kier molecular flexibility index (Phi) is 12.0. The SMILES string of the molecule is CCN(CC)CCCN(Cc1ccc(C(=O)Nc2ccccc2NC(=O)OC(C)(C)C)nc1)C(=O)Nc1cccc(F)c1. The molecule has 0 bridgehead atoms. The maximum atomic E-state index is 13.7. The van der Waals surface area contributed by atoms with Gasteiger partial charge in [0.15, 0.2) is 0 Å². The van der Waals surface area contributed by atoms with Crippen molar-refractivity contribution in [3.8, 4) is 0 Å². The van der Waals surface area contributed by atoms with Gasteiger partial charge >= 0.3 is 12.1 Å². The maximum absolute atomic E-state index is 13.7. The van der Waals surface area contributed by atoms with Crippen molar-refractivity contribution in [2.45, 2.75) is 53.2 Å². The van der Waals surface area contributed by atoms with Gasteiger partial charge in [-0.25, -0.2) is 14.0 Å². The van der Waals surface area contributed by atoms with Gasteiger partial charge in [-0.05, 0) is 88.8 Å². The number of pyridine rings is 1. The highest BCUT2D eigenvalue weighted by molar-refractivity contribution is 6.05. The summed E-state index contributed by atoms with van der Waals surface area (Å²) in [4.78, 5) is 46.6. The molecule has 0 fully saturated rings. The topological polar surface area (TPSA) is 116 Å². The summed E-state index contributed by atoms with van der Waals surface area (Å²) in [7, 11) is 0. The van der Waals surface area contributed by atoms with E-state index < -0.39 is 23.4 Å². The lowest BCUT2D eigenvalue weighted by molar-refractivity contribution is 0.0635. The molecular formula is C32H41FN6O4. The molecule has 2 aromatic carbocycles. The zero-order valence-electron chi connectivity index (χ0n) is 25.4. The fourth-order valence-corrected chi connectivity index (χ4v) is 4.22. The standard InChI is InChI=1S/C32H41FN6O4/c1-6-38(7-2)18-11-19-39(30(41)35-25-13-10-12-24(33)20-25)22-23-16-17-28(34-21-23)29(40)36-26-14-8-9-15-27(26)37-31(42)43-32(3,4)5/h8-10,12-17,20-21H,6-7,11,18-19,22H2,1-5H3,(H,35,41)(H,36,40)(H,37,42). The number of ether oxygens (including phenoxy) is 1. The highest BCUT2D eigenvalue weighted by Gasteiger charge is 2.19. The molecule has 4 amide bonds. The van der Waals surface area contributed by atoms with E-state index in [1.54, 1.807) is 74.3 Å². The normalized spacial score (nSPS) is 11.1. The number of carbonyl (C=O) groups is 3. The minimum atomic E-state index is -0.672. The minimum Gasteiger partial charge on any atom is -0.444 e. The predicted octanol–water partition coefficient (Wildman–Crippen LogP) is 6.59. The number of hydrogen-bond acceptors (Lipinski definition) is 6. The number of carbonyl (C=O) groups excluding carboxylic acids is 3. The molecule has 0 aliphatic heterocycles. The number of hydrogen-bond donors (Lipinski definition) is 3. The number of rotatable bonds is 12. The molecule has 0 saturated heterocycles. The van der Waals surface area contributed by atoms with Crippen LogP contribution in [0.5, 0.6) is 0 Å². The average Bonchev–Trinajstić information content (AvgIpc) is 2.95. The number of nitrogens with one attached hydrogen (secondary N) is 3. The van der Waals surface area contributed by atoms with E-state index in [-0.39, 0.29) is 18.3 Å². The molecule has 0 radical (unpaired) electrons. The minimum absolute atomic E-state index is 0.160. The van der Waals surface area contributed by atoms with Crippen LogP contribution >= 0.6 is 0 Å². The van der Waals surface area contributed by atoms with Crippen LogP contribution in [0.1, 0.15) is 57.1 Å². The lowest BCUT2D eigenvalue weighted by Gasteiger charge is -2.25. The summed E-state index contributed by atoms with van der Waals surface area (Å²) < 4.78 is 19.0. The first-order valence-electron chi connectivity index (χ1n) is 14.4. The second-order valence-electron chi connectivity index (χ2n) is 10.9. The summed E-state index contributed by atoms with van der Waals surface area (Å²) >= 11 is 0. The second kappa shape index (κ2) is 15.6. The van der Waals surface area contributed by atoms with E-state index in [0.29, 0.717) is 23.6 Å². The Bertz CT molecular complexity index is 1370. The Balaban J connectivity index is 1.68. The van der Waals surface area contributed by atoms with Crippen molar-refractivity contribution in [3.05, 3.63) is 83.9 Å². The first-order chi connectivity index (χ1) is 20.5. The summed E-state index contributed by atoms with van der Waals surface area (Å²) in [5, 5.41) is 8.19. The zero-order valence-corrected chi connectivity index (χ0v) is 25.4. The van der Waals surface area contributed by atoms with Crippen molar-refractivity contribution in [3.63, 3.8) is 0 Å². The van der Waals surface area contributed by atoms with E-state index in [9.17, 15) is 18.8 Å². The third kappa shape index (κ3) is 11.0. The maximum Gasteiger partial charge on any atom is 0.412 e. The molecule has 11 heteroatoms. The van der Waals surface area contributed by atoms with Crippen molar-refractivity contribution in [2.24, 2.45) is 0 Å². The number of para-hydroxylation sites is 2. The number of amides is 4. The van der Waals surface area contributed by atoms with Crippen molar-refractivity contribution in [2.75, 3.05) is 42.1 Å². The monoisotopic (exact) mass is 592 g/mol. The number of halogens is 1. The van der Waals surface area contributed by atoms with Gasteiger partial charge in [0.1, 0.15) is 17.1 Å². The Hall–Kier alpha value is -4.51. The number of anilines is 3. The molecule has 3 rings (SSSR count). The smallest absolute Gasteiger partial charge is 0.412 e. The Morgan fingerprint density at radius 2 is 1.58 bits per heavy atom. The van der Waals surface area contributed by atoms with Gasteiger partial charge < -0.3 is 25.2 Å². The Labute approximate surface area is 252 Å². The van der Waals surface area contributed by atoms with Crippen LogP contribution in [0.25, 0.3) is 0 Å². The molecule has 3 aromatic rings. The number of aromatic nitrogens is 1. The molecule has 3 N–H and O–H groups in total. The fourth-order valence-electron chi connectivity index (χ4n) is 4.22. The van der Waals surface area contributed by atoms with Crippen molar-refractivity contribution >= 4 is 35.1 Å². The van der Waals surface area contributed by atoms with Crippen LogP contribution in [0.15, 0.2) is 66.9 Å². The molecule has 10 nitrogen and oxygen atoms in total. The highest BCUT2D eigenvalue weighted by Crippen LogP contribution is 2.23. The third-order valence-electron chi connectivity index (χ3n) is 6.40. The van der Waals surface area contributed by atoms with Gasteiger partial charge in [-0.3, -0.25) is 15.1 Å². The molecular weight excluding hydrogens is 551 g/mol. The number of nitrogens with zero attached hydrogens (tertiary/aromatic N) is 3. The first-order valence-corrected chi connectivity index (χ1v) is 14.4. The molecule has 1 heterocycles. The predicted molar refractivity (Wildman–Crippen MR) is 167 cm³/mol. The van der Waals surface area contributed by atoms with Crippen LogP contribution in [0.2, 0.25) is 0 Å². The summed E-state index contributed by atoms with van der Waals surface area (Å²) in [6, 6.07) is 15.5. The van der Waals surface area contributed by atoms with Crippen LogP contribution in [0, 0.1) is 5.82 Å². The van der Waals surface area contributed by atoms with Crippen LogP contribution < -0.4 is 16.0 Å². The Morgan fingerprint density at radius 1 is 0.884 bits per heavy atom. The molecule has 0 spiro atoms. The van der Waals surface area contributed by atoms with Gasteiger partial charge in [0.2, 0.25) is 0 Å². The molecule has 0 aliphatic rings. The highest BCUT2D eigenvalue weighted by atomic mass is 19.1. The summed E-state index contributed by atoms with van der Waals surface area (Å²) in [5.74, 6) is -0.905. The third-order valence-corrected chi connectivity index (χ3v) is 6.40. The lowest BCUT2D eigenvalue weighted by atomic mass is 10.2. The fraction of sp³-hybridized carbons (Fsp3) is 0.375. The van der Waals surface area contributed by atoms with E-state index in [2.05, 4.69) is 39.7 Å². The summed E-state index contributed by atoms with van der Waals surface area (Å²) in [6.45, 7) is 12.9. The van der Waals surface area contributed by atoms with Gasteiger partial charge in [0, 0.05) is 25.0 Å². The molecule has 43 heavy (non-hydrogen) atoms. The van der Waals surface area contributed by atoms with E-state index in [0.717, 1.165) is 31.6 Å². The van der Waals surface area contributed by atoms with Crippen LogP contribution in [-0.2, 0) is 11.3 Å². The molecule has 0 unspecified atom stereocenters. The van der Waals surface area contributed by atoms with E-state index in [1.807, 2.05) is 0 Å². The van der Waals surface area contributed by atoms with Gasteiger partial charge in [-0.15, -0.1) is 0 Å². The van der Waals surface area contributed by atoms with Gasteiger partial charge in [0.05, 0.1) is 11.4 Å². The van der Waals surface area contributed by atoms with E-state index >= 15 is 0 Å². The summed E-state index contributed by atoms with van der Waals surface area (Å²) in [5.41, 5.74) is 1.35. The molecule has 0 atom stereocenters. The van der Waals surface area contributed by atoms with Crippen molar-refractivity contribution < 1.29 is 23.5 Å². The van der Waals surface area contributed by atoms with E-state index in [4.69, 9.17) is 4.74 Å². The second-order valence-corrected chi connectivity index (χ2v) is 10.9. The van der Waals surface area contributed by atoms with Crippen LogP contribution in [-0.4, -0.2) is 64.6 Å². The van der Waals surface area contributed by atoms with Gasteiger partial charge in [-0.1, -0.05) is 38.1 Å². The largest absolute Gasteiger partial charge is 0.444 e. The first kappa shape index (κ1) is 33.0. The number of urea groups is 1. The molecule has 0 aliphatic carbocycles. The van der Waals surface area contributed by atoms with Crippen LogP contribution in [0.3, 0.4) is 0 Å².